The van der Waals surface area contributed by atoms with Crippen molar-refractivity contribution in [2.45, 2.75) is 64.5 Å². The SMILES string of the molecule is CC1CCCC(NCc2ccc(C3CC3C)o2)C1. The van der Waals surface area contributed by atoms with E-state index in [1.54, 1.807) is 0 Å². The fraction of sp³-hybridized carbons (Fsp3) is 0.750. The molecule has 2 heteroatoms. The minimum atomic E-state index is 0.696. The molecule has 1 aromatic rings. The standard InChI is InChI=1S/C16H25NO/c1-11-4-3-5-13(8-11)17-10-14-6-7-16(18-14)15-9-12(15)2/h6-7,11-13,15,17H,3-5,8-10H2,1-2H3. The molecule has 4 unspecified atom stereocenters. The summed E-state index contributed by atoms with van der Waals surface area (Å²) in [5, 5.41) is 3.66. The van der Waals surface area contributed by atoms with Crippen LogP contribution in [-0.2, 0) is 6.54 Å². The number of hydrogen-bond donors (Lipinski definition) is 1. The Bertz CT molecular complexity index is 398. The van der Waals surface area contributed by atoms with E-state index in [0.29, 0.717) is 12.0 Å². The first kappa shape index (κ1) is 12.3. The van der Waals surface area contributed by atoms with Crippen LogP contribution in [0.3, 0.4) is 0 Å². The second-order valence-electron chi connectivity index (χ2n) is 6.47. The Kier molecular flexibility index (Phi) is 3.47. The number of hydrogen-bond acceptors (Lipinski definition) is 2. The van der Waals surface area contributed by atoms with E-state index in [1.807, 2.05) is 0 Å². The van der Waals surface area contributed by atoms with Crippen LogP contribution in [0.4, 0.5) is 0 Å². The van der Waals surface area contributed by atoms with Crippen LogP contribution in [0.5, 0.6) is 0 Å². The molecule has 2 nitrogen and oxygen atoms in total. The summed E-state index contributed by atoms with van der Waals surface area (Å²) in [7, 11) is 0. The molecule has 1 N–H and O–H groups in total. The van der Waals surface area contributed by atoms with Crippen molar-refractivity contribution in [2.24, 2.45) is 11.8 Å². The Morgan fingerprint density at radius 2 is 2.06 bits per heavy atom. The van der Waals surface area contributed by atoms with Crippen molar-refractivity contribution in [1.82, 2.24) is 5.32 Å². The first-order valence-corrected chi connectivity index (χ1v) is 7.54. The monoisotopic (exact) mass is 247 g/mol. The first-order valence-electron chi connectivity index (χ1n) is 7.54. The summed E-state index contributed by atoms with van der Waals surface area (Å²) in [6.45, 7) is 5.57. The molecule has 0 bridgehead atoms. The molecule has 0 aromatic carbocycles. The van der Waals surface area contributed by atoms with Crippen molar-refractivity contribution in [3.05, 3.63) is 23.7 Å². The zero-order valence-electron chi connectivity index (χ0n) is 11.6. The molecule has 0 aliphatic heterocycles. The maximum Gasteiger partial charge on any atom is 0.117 e. The Morgan fingerprint density at radius 3 is 2.78 bits per heavy atom. The summed E-state index contributed by atoms with van der Waals surface area (Å²) in [6.07, 6.45) is 6.75. The zero-order chi connectivity index (χ0) is 12.5. The van der Waals surface area contributed by atoms with Crippen LogP contribution in [-0.4, -0.2) is 6.04 Å². The third-order valence-corrected chi connectivity index (χ3v) is 4.66. The van der Waals surface area contributed by atoms with Crippen LogP contribution in [0.15, 0.2) is 16.5 Å². The smallest absolute Gasteiger partial charge is 0.117 e. The van der Waals surface area contributed by atoms with Gasteiger partial charge in [-0.2, -0.15) is 0 Å². The molecule has 0 spiro atoms. The Morgan fingerprint density at radius 1 is 1.22 bits per heavy atom. The molecule has 2 aliphatic rings. The zero-order valence-corrected chi connectivity index (χ0v) is 11.6. The normalized spacial score (nSPS) is 35.7. The van der Waals surface area contributed by atoms with Gasteiger partial charge >= 0.3 is 0 Å². The van der Waals surface area contributed by atoms with Crippen LogP contribution >= 0.6 is 0 Å². The molecule has 1 heterocycles. The molecule has 0 radical (unpaired) electrons. The van der Waals surface area contributed by atoms with Crippen molar-refractivity contribution >= 4 is 0 Å². The lowest BCUT2D eigenvalue weighted by Crippen LogP contribution is -2.32. The van der Waals surface area contributed by atoms with Gasteiger partial charge in [-0.1, -0.05) is 26.7 Å². The summed E-state index contributed by atoms with van der Waals surface area (Å²) in [6, 6.07) is 5.02. The van der Waals surface area contributed by atoms with Gasteiger partial charge in [-0.3, -0.25) is 0 Å². The molecule has 2 fully saturated rings. The number of furan rings is 1. The average molecular weight is 247 g/mol. The van der Waals surface area contributed by atoms with Gasteiger partial charge in [0.1, 0.15) is 11.5 Å². The van der Waals surface area contributed by atoms with Crippen molar-refractivity contribution in [1.29, 1.82) is 0 Å². The highest BCUT2D eigenvalue weighted by atomic mass is 16.3. The topological polar surface area (TPSA) is 25.2 Å². The van der Waals surface area contributed by atoms with E-state index in [4.69, 9.17) is 4.42 Å². The van der Waals surface area contributed by atoms with E-state index < -0.39 is 0 Å². The minimum Gasteiger partial charge on any atom is -0.464 e. The molecule has 100 valence electrons. The third-order valence-electron chi connectivity index (χ3n) is 4.66. The van der Waals surface area contributed by atoms with E-state index in [0.717, 1.165) is 24.1 Å². The lowest BCUT2D eigenvalue weighted by atomic mass is 9.87. The van der Waals surface area contributed by atoms with E-state index in [1.165, 1.54) is 37.9 Å². The first-order chi connectivity index (χ1) is 8.72. The maximum atomic E-state index is 5.93. The fourth-order valence-electron chi connectivity index (χ4n) is 3.27. The highest BCUT2D eigenvalue weighted by molar-refractivity contribution is 5.17. The van der Waals surface area contributed by atoms with Gasteiger partial charge in [0.05, 0.1) is 6.54 Å². The van der Waals surface area contributed by atoms with E-state index in [9.17, 15) is 0 Å². The Hall–Kier alpha value is -0.760. The van der Waals surface area contributed by atoms with Crippen LogP contribution < -0.4 is 5.32 Å². The van der Waals surface area contributed by atoms with Crippen molar-refractivity contribution < 1.29 is 4.42 Å². The van der Waals surface area contributed by atoms with Crippen molar-refractivity contribution in [3.8, 4) is 0 Å². The van der Waals surface area contributed by atoms with Gasteiger partial charge in [0, 0.05) is 12.0 Å². The molecule has 2 aliphatic carbocycles. The predicted octanol–water partition coefficient (Wildman–Crippen LogP) is 4.07. The third kappa shape index (κ3) is 2.80. The van der Waals surface area contributed by atoms with Gasteiger partial charge in [-0.05, 0) is 43.2 Å². The van der Waals surface area contributed by atoms with Crippen LogP contribution in [0, 0.1) is 11.8 Å². The molecule has 0 amide bonds. The fourth-order valence-corrected chi connectivity index (χ4v) is 3.27. The maximum absolute atomic E-state index is 5.93. The molecule has 0 saturated heterocycles. The summed E-state index contributed by atoms with van der Waals surface area (Å²) < 4.78 is 5.93. The molecular formula is C16H25NO. The molecule has 18 heavy (non-hydrogen) atoms. The molecule has 1 aromatic heterocycles. The quantitative estimate of drug-likeness (QED) is 0.867. The van der Waals surface area contributed by atoms with Crippen LogP contribution in [0.25, 0.3) is 0 Å². The van der Waals surface area contributed by atoms with E-state index >= 15 is 0 Å². The summed E-state index contributed by atoms with van der Waals surface area (Å²) >= 11 is 0. The number of nitrogens with one attached hydrogen (secondary N) is 1. The van der Waals surface area contributed by atoms with Gasteiger partial charge in [0.15, 0.2) is 0 Å². The summed E-state index contributed by atoms with van der Waals surface area (Å²) in [5.41, 5.74) is 0. The van der Waals surface area contributed by atoms with Crippen molar-refractivity contribution in [3.63, 3.8) is 0 Å². The molecule has 3 rings (SSSR count). The lowest BCUT2D eigenvalue weighted by Gasteiger charge is -2.27. The van der Waals surface area contributed by atoms with Gasteiger partial charge in [-0.25, -0.2) is 0 Å². The molecular weight excluding hydrogens is 222 g/mol. The van der Waals surface area contributed by atoms with E-state index in [-0.39, 0.29) is 0 Å². The second-order valence-corrected chi connectivity index (χ2v) is 6.47. The Labute approximate surface area is 110 Å². The van der Waals surface area contributed by atoms with Crippen molar-refractivity contribution in [2.75, 3.05) is 0 Å². The summed E-state index contributed by atoms with van der Waals surface area (Å²) in [4.78, 5) is 0. The average Bonchev–Trinajstić information content (AvgIpc) is 2.91. The van der Waals surface area contributed by atoms with Gasteiger partial charge < -0.3 is 9.73 Å². The van der Waals surface area contributed by atoms with Crippen LogP contribution in [0.1, 0.15) is 63.4 Å². The molecule has 2 saturated carbocycles. The van der Waals surface area contributed by atoms with Gasteiger partial charge in [-0.15, -0.1) is 0 Å². The minimum absolute atomic E-state index is 0.696. The highest BCUT2D eigenvalue weighted by Crippen LogP contribution is 2.47. The largest absolute Gasteiger partial charge is 0.464 e. The second kappa shape index (κ2) is 5.08. The highest BCUT2D eigenvalue weighted by Gasteiger charge is 2.36. The number of rotatable bonds is 4. The summed E-state index contributed by atoms with van der Waals surface area (Å²) in [5.74, 6) is 4.74. The Balaban J connectivity index is 1.49. The predicted molar refractivity (Wildman–Crippen MR) is 73.5 cm³/mol. The lowest BCUT2D eigenvalue weighted by molar-refractivity contribution is 0.292. The van der Waals surface area contributed by atoms with Gasteiger partial charge in [0.25, 0.3) is 0 Å². The van der Waals surface area contributed by atoms with Crippen LogP contribution in [0.2, 0.25) is 0 Å². The van der Waals surface area contributed by atoms with Gasteiger partial charge in [0.2, 0.25) is 0 Å². The molecule has 4 atom stereocenters. The van der Waals surface area contributed by atoms with E-state index in [2.05, 4.69) is 31.3 Å².